The number of amides is 2. The molecule has 36 heavy (non-hydrogen) atoms. The number of aromatic hydroxyl groups is 1. The zero-order valence-corrected chi connectivity index (χ0v) is 19.8. The fourth-order valence-electron chi connectivity index (χ4n) is 3.45. The molecule has 0 radical (unpaired) electrons. The van der Waals surface area contributed by atoms with Gasteiger partial charge in [0.25, 0.3) is 11.6 Å². The Labute approximate surface area is 208 Å². The van der Waals surface area contributed by atoms with Crippen LogP contribution in [0, 0.1) is 10.1 Å². The number of nitro benzene ring substituents is 1. The molecule has 3 N–H and O–H groups in total. The van der Waals surface area contributed by atoms with Gasteiger partial charge in [0, 0.05) is 41.4 Å². The van der Waals surface area contributed by atoms with Crippen LogP contribution in [-0.2, 0) is 11.3 Å². The summed E-state index contributed by atoms with van der Waals surface area (Å²) in [5, 5.41) is 21.6. The number of rotatable bonds is 12. The van der Waals surface area contributed by atoms with Crippen LogP contribution in [0.5, 0.6) is 17.2 Å². The highest BCUT2D eigenvalue weighted by atomic mass is 16.6. The summed E-state index contributed by atoms with van der Waals surface area (Å²) in [6.45, 7) is 0.398. The van der Waals surface area contributed by atoms with Gasteiger partial charge in [0.1, 0.15) is 17.2 Å². The predicted octanol–water partition coefficient (Wildman–Crippen LogP) is 4.19. The number of nitro groups is 1. The summed E-state index contributed by atoms with van der Waals surface area (Å²) in [4.78, 5) is 36.1. The molecule has 0 heterocycles. The molecule has 3 aromatic carbocycles. The molecule has 0 saturated carbocycles. The molecule has 0 spiro atoms. The maximum atomic E-state index is 13.4. The Balaban J connectivity index is 1.80. The number of primary amides is 1. The number of phenolic OH excluding ortho intramolecular Hbond substituents is 1. The first kappa shape index (κ1) is 26.0. The van der Waals surface area contributed by atoms with E-state index in [-0.39, 0.29) is 35.9 Å². The van der Waals surface area contributed by atoms with E-state index in [0.717, 1.165) is 0 Å². The number of hydrogen-bond acceptors (Lipinski definition) is 7. The molecule has 0 bridgehead atoms. The quantitative estimate of drug-likeness (QED) is 0.219. The van der Waals surface area contributed by atoms with Crippen LogP contribution in [0.15, 0.2) is 66.7 Å². The van der Waals surface area contributed by atoms with E-state index in [9.17, 15) is 24.8 Å². The number of carbonyl (C=O) groups excluding carboxylic acids is 2. The maximum Gasteiger partial charge on any atom is 0.269 e. The molecule has 0 unspecified atom stereocenters. The van der Waals surface area contributed by atoms with Gasteiger partial charge in [0.2, 0.25) is 5.91 Å². The number of ether oxygens (including phenoxy) is 2. The lowest BCUT2D eigenvalue weighted by Crippen LogP contribution is -2.30. The monoisotopic (exact) mass is 493 g/mol. The van der Waals surface area contributed by atoms with Crippen molar-refractivity contribution in [3.8, 4) is 17.2 Å². The van der Waals surface area contributed by atoms with E-state index in [1.165, 1.54) is 42.3 Å². The summed E-state index contributed by atoms with van der Waals surface area (Å²) in [6.07, 6.45) is 1.54. The standard InChI is InChI=1S/C26H27N3O7/c1-35-22-13-10-20(11-14-22)28(26(32)18-5-8-21(9-6-18)29(33)34)17-19-7-12-23(16-24(19)30)36-15-3-2-4-25(27)31/h5-14,16,30H,2-4,15,17H2,1H3,(H2,27,31). The zero-order chi connectivity index (χ0) is 26.1. The van der Waals surface area contributed by atoms with E-state index in [0.29, 0.717) is 42.2 Å². The van der Waals surface area contributed by atoms with E-state index in [1.807, 2.05) is 0 Å². The molecule has 3 rings (SSSR count). The molecule has 10 heteroatoms. The van der Waals surface area contributed by atoms with Gasteiger partial charge in [-0.25, -0.2) is 0 Å². The maximum absolute atomic E-state index is 13.4. The minimum atomic E-state index is -0.533. The molecule has 0 saturated heterocycles. The second-order valence-electron chi connectivity index (χ2n) is 7.96. The highest BCUT2D eigenvalue weighted by Crippen LogP contribution is 2.29. The van der Waals surface area contributed by atoms with Gasteiger partial charge >= 0.3 is 0 Å². The van der Waals surface area contributed by atoms with Crippen LogP contribution in [0.3, 0.4) is 0 Å². The Kier molecular flexibility index (Phi) is 8.82. The zero-order valence-electron chi connectivity index (χ0n) is 19.8. The van der Waals surface area contributed by atoms with E-state index < -0.39 is 10.8 Å². The number of phenols is 1. The number of anilines is 1. The van der Waals surface area contributed by atoms with Crippen molar-refractivity contribution in [1.29, 1.82) is 0 Å². The molecule has 0 fully saturated rings. The van der Waals surface area contributed by atoms with Crippen molar-refractivity contribution in [1.82, 2.24) is 0 Å². The minimum Gasteiger partial charge on any atom is -0.507 e. The van der Waals surface area contributed by atoms with Crippen LogP contribution in [0.4, 0.5) is 11.4 Å². The number of hydrogen-bond donors (Lipinski definition) is 2. The second-order valence-corrected chi connectivity index (χ2v) is 7.96. The summed E-state index contributed by atoms with van der Waals surface area (Å²) in [5.74, 6) is 0.250. The largest absolute Gasteiger partial charge is 0.507 e. The predicted molar refractivity (Wildman–Crippen MR) is 133 cm³/mol. The third kappa shape index (κ3) is 6.95. The molecule has 3 aromatic rings. The van der Waals surface area contributed by atoms with Crippen molar-refractivity contribution in [2.75, 3.05) is 18.6 Å². The smallest absolute Gasteiger partial charge is 0.269 e. The van der Waals surface area contributed by atoms with Gasteiger partial charge in [-0.05, 0) is 61.4 Å². The number of methoxy groups -OCH3 is 1. The first-order chi connectivity index (χ1) is 17.3. The van der Waals surface area contributed by atoms with Gasteiger partial charge in [-0.1, -0.05) is 0 Å². The topological polar surface area (TPSA) is 145 Å². The van der Waals surface area contributed by atoms with Crippen molar-refractivity contribution >= 4 is 23.2 Å². The van der Waals surface area contributed by atoms with Gasteiger partial charge in [-0.2, -0.15) is 0 Å². The second kappa shape index (κ2) is 12.2. The normalized spacial score (nSPS) is 10.5. The molecule has 2 amide bonds. The summed E-state index contributed by atoms with van der Waals surface area (Å²) < 4.78 is 10.8. The van der Waals surface area contributed by atoms with Crippen LogP contribution >= 0.6 is 0 Å². The molecule has 0 aromatic heterocycles. The summed E-state index contributed by atoms with van der Waals surface area (Å²) in [5.41, 5.74) is 6.28. The molecule has 188 valence electrons. The van der Waals surface area contributed by atoms with Gasteiger partial charge in [-0.15, -0.1) is 0 Å². The van der Waals surface area contributed by atoms with Gasteiger partial charge in [0.15, 0.2) is 0 Å². The Morgan fingerprint density at radius 1 is 1.00 bits per heavy atom. The molecular weight excluding hydrogens is 466 g/mol. The lowest BCUT2D eigenvalue weighted by Gasteiger charge is -2.24. The van der Waals surface area contributed by atoms with Crippen molar-refractivity contribution < 1.29 is 29.1 Å². The van der Waals surface area contributed by atoms with Crippen LogP contribution in [0.25, 0.3) is 0 Å². The SMILES string of the molecule is COc1ccc(N(Cc2ccc(OCCCCC(N)=O)cc2O)C(=O)c2ccc([N+](=O)[O-])cc2)cc1. The van der Waals surface area contributed by atoms with Crippen LogP contribution in [0.1, 0.15) is 35.2 Å². The number of unbranched alkanes of at least 4 members (excludes halogenated alkanes) is 1. The molecule has 0 aliphatic carbocycles. The van der Waals surface area contributed by atoms with Crippen LogP contribution < -0.4 is 20.1 Å². The van der Waals surface area contributed by atoms with Gasteiger partial charge < -0.3 is 25.2 Å². The van der Waals surface area contributed by atoms with E-state index in [2.05, 4.69) is 0 Å². The number of non-ortho nitro benzene ring substituents is 1. The lowest BCUT2D eigenvalue weighted by molar-refractivity contribution is -0.384. The highest BCUT2D eigenvalue weighted by molar-refractivity contribution is 6.06. The van der Waals surface area contributed by atoms with E-state index in [4.69, 9.17) is 15.2 Å². The fraction of sp³-hybridized carbons (Fsp3) is 0.231. The Bertz CT molecular complexity index is 1210. The van der Waals surface area contributed by atoms with Crippen molar-refractivity contribution in [2.24, 2.45) is 5.73 Å². The number of nitrogens with zero attached hydrogens (tertiary/aromatic N) is 2. The van der Waals surface area contributed by atoms with E-state index >= 15 is 0 Å². The van der Waals surface area contributed by atoms with Crippen molar-refractivity contribution in [3.63, 3.8) is 0 Å². The first-order valence-corrected chi connectivity index (χ1v) is 11.2. The summed E-state index contributed by atoms with van der Waals surface area (Å²) in [7, 11) is 1.54. The van der Waals surface area contributed by atoms with Gasteiger partial charge in [-0.3, -0.25) is 19.7 Å². The van der Waals surface area contributed by atoms with E-state index in [1.54, 1.807) is 36.4 Å². The fourth-order valence-corrected chi connectivity index (χ4v) is 3.45. The average Bonchev–Trinajstić information content (AvgIpc) is 2.87. The summed E-state index contributed by atoms with van der Waals surface area (Å²) in [6, 6.07) is 17.0. The van der Waals surface area contributed by atoms with Crippen LogP contribution in [-0.4, -0.2) is 35.6 Å². The molecule has 0 aliphatic rings. The van der Waals surface area contributed by atoms with Crippen molar-refractivity contribution in [3.05, 3.63) is 88.0 Å². The van der Waals surface area contributed by atoms with Gasteiger partial charge in [0.05, 0.1) is 25.2 Å². The molecular formula is C26H27N3O7. The number of nitrogens with two attached hydrogens (primary N) is 1. The average molecular weight is 494 g/mol. The number of carbonyl (C=O) groups is 2. The van der Waals surface area contributed by atoms with Crippen molar-refractivity contribution in [2.45, 2.75) is 25.8 Å². The highest BCUT2D eigenvalue weighted by Gasteiger charge is 2.21. The minimum absolute atomic E-state index is 0.0346. The molecule has 10 nitrogen and oxygen atoms in total. The van der Waals surface area contributed by atoms with Crippen LogP contribution in [0.2, 0.25) is 0 Å². The third-order valence-corrected chi connectivity index (χ3v) is 5.43. The Morgan fingerprint density at radius 2 is 1.67 bits per heavy atom. The molecule has 0 atom stereocenters. The lowest BCUT2D eigenvalue weighted by atomic mass is 10.1. The number of benzene rings is 3. The third-order valence-electron chi connectivity index (χ3n) is 5.43. The molecule has 0 aliphatic heterocycles. The first-order valence-electron chi connectivity index (χ1n) is 11.2. The summed E-state index contributed by atoms with van der Waals surface area (Å²) >= 11 is 0. The Hall–Kier alpha value is -4.60. The Morgan fingerprint density at radius 3 is 2.25 bits per heavy atom.